The van der Waals surface area contributed by atoms with Crippen LogP contribution in [0.25, 0.3) is 0 Å². The molecule has 1 aliphatic heterocycles. The molecule has 1 atom stereocenters. The SMILES string of the molecule is COC(=O)c1nnn2c1NC(C)CC2. The van der Waals surface area contributed by atoms with Crippen molar-refractivity contribution in [2.45, 2.75) is 25.9 Å². The van der Waals surface area contributed by atoms with Crippen LogP contribution in [0.5, 0.6) is 0 Å². The van der Waals surface area contributed by atoms with Crippen LogP contribution in [0.1, 0.15) is 23.8 Å². The van der Waals surface area contributed by atoms with Crippen molar-refractivity contribution in [3.05, 3.63) is 5.69 Å². The van der Waals surface area contributed by atoms with Gasteiger partial charge in [-0.05, 0) is 13.3 Å². The molecule has 6 nitrogen and oxygen atoms in total. The Bertz CT molecular complexity index is 360. The van der Waals surface area contributed by atoms with Crippen molar-refractivity contribution in [2.75, 3.05) is 12.4 Å². The lowest BCUT2D eigenvalue weighted by molar-refractivity contribution is 0.0595. The summed E-state index contributed by atoms with van der Waals surface area (Å²) in [5, 5.41) is 10.8. The summed E-state index contributed by atoms with van der Waals surface area (Å²) in [6, 6.07) is 0.337. The Hall–Kier alpha value is -1.59. The van der Waals surface area contributed by atoms with E-state index in [1.54, 1.807) is 4.68 Å². The van der Waals surface area contributed by atoms with Crippen LogP contribution in [0.2, 0.25) is 0 Å². The van der Waals surface area contributed by atoms with Crippen LogP contribution in [0.4, 0.5) is 5.82 Å². The van der Waals surface area contributed by atoms with E-state index in [9.17, 15) is 4.79 Å². The van der Waals surface area contributed by atoms with Crippen LogP contribution < -0.4 is 5.32 Å². The summed E-state index contributed by atoms with van der Waals surface area (Å²) in [5.74, 6) is 0.212. The van der Waals surface area contributed by atoms with E-state index >= 15 is 0 Å². The van der Waals surface area contributed by atoms with Gasteiger partial charge in [0.05, 0.1) is 7.11 Å². The van der Waals surface area contributed by atoms with Crippen molar-refractivity contribution >= 4 is 11.8 Å². The molecule has 1 unspecified atom stereocenters. The number of anilines is 1. The first-order valence-corrected chi connectivity index (χ1v) is 4.50. The smallest absolute Gasteiger partial charge is 0.362 e. The molecule has 0 radical (unpaired) electrons. The fraction of sp³-hybridized carbons (Fsp3) is 0.625. The van der Waals surface area contributed by atoms with Crippen molar-refractivity contribution in [1.82, 2.24) is 15.0 Å². The summed E-state index contributed by atoms with van der Waals surface area (Å²) in [6.45, 7) is 2.84. The topological polar surface area (TPSA) is 69.0 Å². The van der Waals surface area contributed by atoms with E-state index in [2.05, 4.69) is 27.3 Å². The predicted molar refractivity (Wildman–Crippen MR) is 49.1 cm³/mol. The molecule has 2 rings (SSSR count). The Morgan fingerprint density at radius 1 is 1.71 bits per heavy atom. The fourth-order valence-electron chi connectivity index (χ4n) is 1.47. The highest BCUT2D eigenvalue weighted by atomic mass is 16.5. The normalized spacial score (nSPS) is 19.7. The van der Waals surface area contributed by atoms with Crippen molar-refractivity contribution < 1.29 is 9.53 Å². The Morgan fingerprint density at radius 3 is 3.21 bits per heavy atom. The highest BCUT2D eigenvalue weighted by Crippen LogP contribution is 2.20. The molecule has 1 N–H and O–H groups in total. The molecule has 1 aliphatic rings. The lowest BCUT2D eigenvalue weighted by atomic mass is 10.2. The molecule has 1 aromatic heterocycles. The van der Waals surface area contributed by atoms with Crippen LogP contribution >= 0.6 is 0 Å². The van der Waals surface area contributed by atoms with Gasteiger partial charge in [0.2, 0.25) is 5.69 Å². The molecule has 2 heterocycles. The van der Waals surface area contributed by atoms with E-state index in [0.29, 0.717) is 11.9 Å². The third kappa shape index (κ3) is 1.32. The summed E-state index contributed by atoms with van der Waals surface area (Å²) in [5.41, 5.74) is 0.263. The van der Waals surface area contributed by atoms with Crippen LogP contribution in [-0.2, 0) is 11.3 Å². The minimum Gasteiger partial charge on any atom is -0.464 e. The number of nitrogens with one attached hydrogen (secondary N) is 1. The average Bonchev–Trinajstić information content (AvgIpc) is 2.59. The van der Waals surface area contributed by atoms with E-state index in [0.717, 1.165) is 13.0 Å². The maximum Gasteiger partial charge on any atom is 0.362 e. The zero-order chi connectivity index (χ0) is 10.1. The molecule has 0 aliphatic carbocycles. The van der Waals surface area contributed by atoms with Gasteiger partial charge in [-0.2, -0.15) is 0 Å². The zero-order valence-corrected chi connectivity index (χ0v) is 8.15. The summed E-state index contributed by atoms with van der Waals surface area (Å²) >= 11 is 0. The largest absolute Gasteiger partial charge is 0.464 e. The van der Waals surface area contributed by atoms with E-state index in [1.807, 2.05) is 0 Å². The van der Waals surface area contributed by atoms with E-state index in [4.69, 9.17) is 0 Å². The second-order valence-corrected chi connectivity index (χ2v) is 3.34. The lowest BCUT2D eigenvalue weighted by Crippen LogP contribution is -2.27. The molecule has 14 heavy (non-hydrogen) atoms. The Balaban J connectivity index is 2.35. The number of nitrogens with zero attached hydrogens (tertiary/aromatic N) is 3. The van der Waals surface area contributed by atoms with Gasteiger partial charge in [-0.25, -0.2) is 9.48 Å². The van der Waals surface area contributed by atoms with Gasteiger partial charge in [0.15, 0.2) is 5.82 Å². The molecule has 0 spiro atoms. The van der Waals surface area contributed by atoms with Gasteiger partial charge in [-0.1, -0.05) is 5.21 Å². The number of fused-ring (bicyclic) bond motifs is 1. The molecule has 0 saturated heterocycles. The van der Waals surface area contributed by atoms with Gasteiger partial charge in [-0.3, -0.25) is 0 Å². The number of rotatable bonds is 1. The van der Waals surface area contributed by atoms with Crippen LogP contribution in [0.15, 0.2) is 0 Å². The molecule has 0 saturated carbocycles. The number of ether oxygens (including phenoxy) is 1. The van der Waals surface area contributed by atoms with E-state index in [1.165, 1.54) is 7.11 Å². The predicted octanol–water partition coefficient (Wildman–Crippen LogP) is 0.269. The maximum absolute atomic E-state index is 11.3. The number of hydrogen-bond acceptors (Lipinski definition) is 5. The first-order chi connectivity index (χ1) is 6.72. The Labute approximate surface area is 81.2 Å². The zero-order valence-electron chi connectivity index (χ0n) is 8.15. The molecule has 0 amide bonds. The van der Waals surface area contributed by atoms with Gasteiger partial charge >= 0.3 is 5.97 Å². The maximum atomic E-state index is 11.3. The molecule has 0 fully saturated rings. The summed E-state index contributed by atoms with van der Waals surface area (Å²) in [4.78, 5) is 11.3. The first kappa shape index (κ1) is 8.98. The van der Waals surface area contributed by atoms with Crippen molar-refractivity contribution in [2.24, 2.45) is 0 Å². The van der Waals surface area contributed by atoms with Gasteiger partial charge in [0, 0.05) is 12.6 Å². The first-order valence-electron chi connectivity index (χ1n) is 4.50. The summed E-state index contributed by atoms with van der Waals surface area (Å²) in [6.07, 6.45) is 0.983. The van der Waals surface area contributed by atoms with Gasteiger partial charge in [0.1, 0.15) is 0 Å². The van der Waals surface area contributed by atoms with Crippen molar-refractivity contribution in [1.29, 1.82) is 0 Å². The number of carbonyl (C=O) groups excluding carboxylic acids is 1. The fourth-order valence-corrected chi connectivity index (χ4v) is 1.47. The minimum atomic E-state index is -0.451. The number of hydrogen-bond donors (Lipinski definition) is 1. The van der Waals surface area contributed by atoms with Crippen LogP contribution in [-0.4, -0.2) is 34.1 Å². The summed E-state index contributed by atoms with van der Waals surface area (Å²) < 4.78 is 6.29. The second-order valence-electron chi connectivity index (χ2n) is 3.34. The monoisotopic (exact) mass is 196 g/mol. The van der Waals surface area contributed by atoms with Crippen LogP contribution in [0.3, 0.4) is 0 Å². The standard InChI is InChI=1S/C8H12N4O2/c1-5-3-4-12-7(9-5)6(10-11-12)8(13)14-2/h5,9H,3-4H2,1-2H3. The van der Waals surface area contributed by atoms with Crippen molar-refractivity contribution in [3.63, 3.8) is 0 Å². The molecule has 6 heteroatoms. The average molecular weight is 196 g/mol. The number of aromatic nitrogens is 3. The number of esters is 1. The molecule has 0 bridgehead atoms. The highest BCUT2D eigenvalue weighted by molar-refractivity contribution is 5.92. The van der Waals surface area contributed by atoms with Gasteiger partial charge < -0.3 is 10.1 Å². The second kappa shape index (κ2) is 3.28. The van der Waals surface area contributed by atoms with E-state index in [-0.39, 0.29) is 5.69 Å². The lowest BCUT2D eigenvalue weighted by Gasteiger charge is -2.21. The quantitative estimate of drug-likeness (QED) is 0.653. The molecule has 76 valence electrons. The number of aryl methyl sites for hydroxylation is 1. The summed E-state index contributed by atoms with van der Waals surface area (Å²) in [7, 11) is 1.33. The number of carbonyl (C=O) groups is 1. The molecule has 1 aromatic rings. The highest BCUT2D eigenvalue weighted by Gasteiger charge is 2.24. The molecular formula is C8H12N4O2. The van der Waals surface area contributed by atoms with Crippen molar-refractivity contribution in [3.8, 4) is 0 Å². The Kier molecular flexibility index (Phi) is 2.11. The Morgan fingerprint density at radius 2 is 2.50 bits per heavy atom. The third-order valence-corrected chi connectivity index (χ3v) is 2.27. The van der Waals surface area contributed by atoms with E-state index < -0.39 is 5.97 Å². The van der Waals surface area contributed by atoms with Gasteiger partial charge in [0.25, 0.3) is 0 Å². The van der Waals surface area contributed by atoms with Gasteiger partial charge in [-0.15, -0.1) is 5.10 Å². The molecule has 0 aromatic carbocycles. The minimum absolute atomic E-state index is 0.263. The van der Waals surface area contributed by atoms with Crippen LogP contribution in [0, 0.1) is 0 Å². The number of methoxy groups -OCH3 is 1. The molecular weight excluding hydrogens is 184 g/mol. The third-order valence-electron chi connectivity index (χ3n) is 2.27.